The fraction of sp³-hybridized carbons (Fsp3) is 0.762. The maximum atomic E-state index is 12.5. The van der Waals surface area contributed by atoms with E-state index >= 15 is 0 Å². The molecule has 2 aliphatic rings. The lowest BCUT2D eigenvalue weighted by atomic mass is 9.93. The Morgan fingerprint density at radius 2 is 1.78 bits per heavy atom. The lowest BCUT2D eigenvalue weighted by molar-refractivity contribution is -0.135. The van der Waals surface area contributed by atoms with Gasteiger partial charge in [-0.1, -0.05) is 26.0 Å². The molecule has 0 aliphatic heterocycles. The maximum Gasteiger partial charge on any atom is 0.223 e. The molecule has 152 valence electrons. The number of hydrogen-bond acceptors (Lipinski definition) is 3. The number of nitrogens with zero attached hydrogens (tertiary/aromatic N) is 2. The summed E-state index contributed by atoms with van der Waals surface area (Å²) in [5, 5.41) is 3.01. The van der Waals surface area contributed by atoms with Crippen molar-refractivity contribution >= 4 is 17.7 Å². The van der Waals surface area contributed by atoms with E-state index < -0.39 is 0 Å². The minimum Gasteiger partial charge on any atom is -0.356 e. The Labute approximate surface area is 163 Å². The van der Waals surface area contributed by atoms with E-state index in [1.807, 2.05) is 13.8 Å². The van der Waals surface area contributed by atoms with Crippen molar-refractivity contribution in [2.45, 2.75) is 52.4 Å². The van der Waals surface area contributed by atoms with Crippen molar-refractivity contribution in [2.24, 2.45) is 17.8 Å². The molecule has 0 spiro atoms. The topological polar surface area (TPSA) is 69.7 Å². The zero-order valence-electron chi connectivity index (χ0n) is 17.1. The number of fused-ring (bicyclic) bond motifs is 2. The molecule has 6 heteroatoms. The number of carbonyl (C=O) groups excluding carboxylic acids is 3. The van der Waals surface area contributed by atoms with Gasteiger partial charge in [-0.2, -0.15) is 0 Å². The number of likely N-dealkylation sites (N-methyl/N-ethyl adjacent to an activating group) is 1. The Bertz CT molecular complexity index is 561. The van der Waals surface area contributed by atoms with Crippen LogP contribution >= 0.6 is 0 Å². The summed E-state index contributed by atoms with van der Waals surface area (Å²) in [5.74, 6) is 1.92. The summed E-state index contributed by atoms with van der Waals surface area (Å²) in [6.07, 6.45) is 8.80. The van der Waals surface area contributed by atoms with Gasteiger partial charge in [0.05, 0.1) is 0 Å². The normalized spacial score (nSPS) is 22.7. The summed E-state index contributed by atoms with van der Waals surface area (Å²) in [4.78, 5) is 39.7. The van der Waals surface area contributed by atoms with Gasteiger partial charge in [-0.25, -0.2) is 0 Å². The Morgan fingerprint density at radius 3 is 2.37 bits per heavy atom. The summed E-state index contributed by atoms with van der Waals surface area (Å²) >= 11 is 0. The summed E-state index contributed by atoms with van der Waals surface area (Å²) < 4.78 is 0. The number of carbonyl (C=O) groups is 3. The molecular weight excluding hydrogens is 342 g/mol. The molecular formula is C21H35N3O3. The molecule has 0 saturated heterocycles. The van der Waals surface area contributed by atoms with Gasteiger partial charge in [-0.15, -0.1) is 0 Å². The standard InChI is InChI=1S/C21H35N3O3/c1-4-10-24(12-11-23(3)20(26)5-2)21(27)9-8-19(25)22-15-18-14-16-6-7-17(18)13-16/h6-7,16-18H,4-5,8-15H2,1-3H3,(H,22,25). The van der Waals surface area contributed by atoms with Crippen LogP contribution in [-0.2, 0) is 14.4 Å². The third kappa shape index (κ3) is 6.36. The van der Waals surface area contributed by atoms with Crippen LogP contribution in [-0.4, -0.2) is 60.7 Å². The molecule has 0 radical (unpaired) electrons. The molecule has 1 N–H and O–H groups in total. The van der Waals surface area contributed by atoms with E-state index in [4.69, 9.17) is 0 Å². The highest BCUT2D eigenvalue weighted by molar-refractivity contribution is 5.83. The first-order chi connectivity index (χ1) is 12.9. The van der Waals surface area contributed by atoms with Gasteiger partial charge in [0.25, 0.3) is 0 Å². The maximum absolute atomic E-state index is 12.5. The SMILES string of the molecule is CCCN(CCN(C)C(=O)CC)C(=O)CCC(=O)NCC1CC2C=CC1C2. The van der Waals surface area contributed by atoms with Crippen LogP contribution in [0.1, 0.15) is 52.4 Å². The number of hydrogen-bond donors (Lipinski definition) is 1. The largest absolute Gasteiger partial charge is 0.356 e. The fourth-order valence-corrected chi connectivity index (χ4v) is 4.14. The van der Waals surface area contributed by atoms with Crippen molar-refractivity contribution in [3.8, 4) is 0 Å². The second kappa shape index (κ2) is 10.5. The summed E-state index contributed by atoms with van der Waals surface area (Å²) in [7, 11) is 1.76. The molecule has 0 heterocycles. The van der Waals surface area contributed by atoms with E-state index in [-0.39, 0.29) is 30.6 Å². The monoisotopic (exact) mass is 377 g/mol. The Kier molecular flexibility index (Phi) is 8.32. The third-order valence-corrected chi connectivity index (χ3v) is 5.82. The van der Waals surface area contributed by atoms with Gasteiger partial charge in [0.15, 0.2) is 0 Å². The van der Waals surface area contributed by atoms with Gasteiger partial charge in [0, 0.05) is 52.5 Å². The summed E-state index contributed by atoms with van der Waals surface area (Å²) in [6, 6.07) is 0. The van der Waals surface area contributed by atoms with Crippen molar-refractivity contribution < 1.29 is 14.4 Å². The van der Waals surface area contributed by atoms with Crippen LogP contribution in [0.25, 0.3) is 0 Å². The van der Waals surface area contributed by atoms with Crippen LogP contribution in [0, 0.1) is 17.8 Å². The highest BCUT2D eigenvalue weighted by Crippen LogP contribution is 2.42. The fourth-order valence-electron chi connectivity index (χ4n) is 4.14. The van der Waals surface area contributed by atoms with E-state index in [1.165, 1.54) is 12.8 Å². The zero-order valence-corrected chi connectivity index (χ0v) is 17.1. The van der Waals surface area contributed by atoms with Crippen LogP contribution in [0.5, 0.6) is 0 Å². The summed E-state index contributed by atoms with van der Waals surface area (Å²) in [5.41, 5.74) is 0. The second-order valence-corrected chi connectivity index (χ2v) is 7.89. The number of rotatable bonds is 11. The Morgan fingerprint density at radius 1 is 1.00 bits per heavy atom. The van der Waals surface area contributed by atoms with Crippen LogP contribution in [0.4, 0.5) is 0 Å². The van der Waals surface area contributed by atoms with E-state index in [0.29, 0.717) is 43.8 Å². The van der Waals surface area contributed by atoms with Gasteiger partial charge in [-0.05, 0) is 37.0 Å². The first-order valence-corrected chi connectivity index (χ1v) is 10.4. The highest BCUT2D eigenvalue weighted by atomic mass is 16.2. The minimum absolute atomic E-state index is 0.00722. The first-order valence-electron chi connectivity index (χ1n) is 10.4. The van der Waals surface area contributed by atoms with Gasteiger partial charge < -0.3 is 15.1 Å². The third-order valence-electron chi connectivity index (χ3n) is 5.82. The molecule has 2 aliphatic carbocycles. The molecule has 27 heavy (non-hydrogen) atoms. The average molecular weight is 378 g/mol. The molecule has 2 rings (SSSR count). The number of nitrogens with one attached hydrogen (secondary N) is 1. The average Bonchev–Trinajstić information content (AvgIpc) is 3.29. The van der Waals surface area contributed by atoms with E-state index in [2.05, 4.69) is 17.5 Å². The van der Waals surface area contributed by atoms with Gasteiger partial charge in [0.2, 0.25) is 17.7 Å². The first kappa shape index (κ1) is 21.5. The van der Waals surface area contributed by atoms with Crippen molar-refractivity contribution in [1.82, 2.24) is 15.1 Å². The molecule has 2 bridgehead atoms. The molecule has 3 atom stereocenters. The minimum atomic E-state index is -0.0372. The van der Waals surface area contributed by atoms with Crippen molar-refractivity contribution in [3.63, 3.8) is 0 Å². The highest BCUT2D eigenvalue weighted by Gasteiger charge is 2.35. The van der Waals surface area contributed by atoms with Crippen molar-refractivity contribution in [3.05, 3.63) is 12.2 Å². The van der Waals surface area contributed by atoms with Gasteiger partial charge >= 0.3 is 0 Å². The van der Waals surface area contributed by atoms with Gasteiger partial charge in [0.1, 0.15) is 0 Å². The summed E-state index contributed by atoms with van der Waals surface area (Å²) in [6.45, 7) is 6.29. The van der Waals surface area contributed by atoms with Crippen molar-refractivity contribution in [1.29, 1.82) is 0 Å². The quantitative estimate of drug-likeness (QED) is 0.561. The Hall–Kier alpha value is -1.85. The zero-order chi connectivity index (χ0) is 19.8. The lowest BCUT2D eigenvalue weighted by Gasteiger charge is -2.25. The predicted molar refractivity (Wildman–Crippen MR) is 106 cm³/mol. The predicted octanol–water partition coefficient (Wildman–Crippen LogP) is 2.20. The van der Waals surface area contributed by atoms with E-state index in [1.54, 1.807) is 16.8 Å². The van der Waals surface area contributed by atoms with E-state index in [9.17, 15) is 14.4 Å². The molecule has 3 unspecified atom stereocenters. The Balaban J connectivity index is 1.68. The van der Waals surface area contributed by atoms with Crippen LogP contribution in [0.3, 0.4) is 0 Å². The van der Waals surface area contributed by atoms with Crippen LogP contribution in [0.15, 0.2) is 12.2 Å². The molecule has 3 amide bonds. The molecule has 6 nitrogen and oxygen atoms in total. The van der Waals surface area contributed by atoms with Crippen LogP contribution < -0.4 is 5.32 Å². The van der Waals surface area contributed by atoms with Gasteiger partial charge in [-0.3, -0.25) is 14.4 Å². The smallest absolute Gasteiger partial charge is 0.223 e. The molecule has 1 saturated carbocycles. The second-order valence-electron chi connectivity index (χ2n) is 7.89. The number of amides is 3. The lowest BCUT2D eigenvalue weighted by Crippen LogP contribution is -2.40. The van der Waals surface area contributed by atoms with E-state index in [0.717, 1.165) is 13.0 Å². The van der Waals surface area contributed by atoms with Crippen molar-refractivity contribution in [2.75, 3.05) is 33.2 Å². The molecule has 0 aromatic carbocycles. The molecule has 0 aromatic rings. The van der Waals surface area contributed by atoms with Crippen LogP contribution in [0.2, 0.25) is 0 Å². The number of allylic oxidation sites excluding steroid dienone is 2. The molecule has 1 fully saturated rings. The molecule has 0 aromatic heterocycles.